The summed E-state index contributed by atoms with van der Waals surface area (Å²) in [6.45, 7) is 3.15. The maximum Gasteiger partial charge on any atom is 0.326 e. The summed E-state index contributed by atoms with van der Waals surface area (Å²) in [4.78, 5) is 24.8. The molecule has 1 saturated heterocycles. The van der Waals surface area contributed by atoms with Gasteiger partial charge in [0.25, 0.3) is 0 Å². The average molecular weight is 254 g/mol. The molecule has 1 saturated carbocycles. The van der Waals surface area contributed by atoms with Crippen LogP contribution in [0.3, 0.4) is 0 Å². The van der Waals surface area contributed by atoms with Crippen molar-refractivity contribution < 1.29 is 14.7 Å². The highest BCUT2D eigenvalue weighted by molar-refractivity contribution is 5.83. The van der Waals surface area contributed by atoms with Gasteiger partial charge in [-0.1, -0.05) is 13.3 Å². The van der Waals surface area contributed by atoms with E-state index in [2.05, 4.69) is 5.32 Å². The van der Waals surface area contributed by atoms with Crippen LogP contribution in [0.5, 0.6) is 0 Å². The molecule has 0 bridgehead atoms. The number of carboxylic acid groups (broad SMARTS) is 1. The van der Waals surface area contributed by atoms with Gasteiger partial charge in [-0.2, -0.15) is 0 Å². The fourth-order valence-electron chi connectivity index (χ4n) is 2.82. The molecule has 102 valence electrons. The third-order valence-corrected chi connectivity index (χ3v) is 4.21. The van der Waals surface area contributed by atoms with Crippen molar-refractivity contribution in [3.8, 4) is 0 Å². The molecule has 5 nitrogen and oxygen atoms in total. The minimum Gasteiger partial charge on any atom is -0.480 e. The predicted octanol–water partition coefficient (Wildman–Crippen LogP) is 1.68. The Labute approximate surface area is 108 Å². The van der Waals surface area contributed by atoms with E-state index in [1.54, 1.807) is 0 Å². The Morgan fingerprint density at radius 3 is 2.56 bits per heavy atom. The smallest absolute Gasteiger partial charge is 0.326 e. The summed E-state index contributed by atoms with van der Waals surface area (Å²) in [5.74, 6) is -0.258. The van der Waals surface area contributed by atoms with Crippen LogP contribution in [0, 0.1) is 11.8 Å². The molecule has 2 amide bonds. The summed E-state index contributed by atoms with van der Waals surface area (Å²) >= 11 is 0. The standard InChI is InChI=1S/C13H22N2O3/c1-9-4-3-7-15(11(9)12(16)17)13(18)14-8-10-5-2-6-10/h9-11H,2-8H2,1H3,(H,14,18)(H,16,17). The number of nitrogens with one attached hydrogen (secondary N) is 1. The first-order valence-electron chi connectivity index (χ1n) is 6.87. The highest BCUT2D eigenvalue weighted by Crippen LogP contribution is 2.26. The summed E-state index contributed by atoms with van der Waals surface area (Å²) in [5.41, 5.74) is 0. The normalized spacial score (nSPS) is 28.6. The zero-order valence-corrected chi connectivity index (χ0v) is 10.9. The molecule has 0 radical (unpaired) electrons. The number of rotatable bonds is 3. The molecule has 0 spiro atoms. The quantitative estimate of drug-likeness (QED) is 0.805. The van der Waals surface area contributed by atoms with E-state index in [0.29, 0.717) is 19.0 Å². The van der Waals surface area contributed by atoms with E-state index in [4.69, 9.17) is 0 Å². The van der Waals surface area contributed by atoms with Gasteiger partial charge in [0, 0.05) is 13.1 Å². The van der Waals surface area contributed by atoms with E-state index in [9.17, 15) is 14.7 Å². The van der Waals surface area contributed by atoms with Crippen LogP contribution in [0.2, 0.25) is 0 Å². The number of carbonyl (C=O) groups excluding carboxylic acids is 1. The van der Waals surface area contributed by atoms with Gasteiger partial charge in [-0.05, 0) is 37.5 Å². The van der Waals surface area contributed by atoms with E-state index in [1.807, 2.05) is 6.92 Å². The van der Waals surface area contributed by atoms with Gasteiger partial charge in [-0.25, -0.2) is 9.59 Å². The summed E-state index contributed by atoms with van der Waals surface area (Å²) < 4.78 is 0. The van der Waals surface area contributed by atoms with E-state index in [1.165, 1.54) is 24.2 Å². The largest absolute Gasteiger partial charge is 0.480 e. The second-order valence-electron chi connectivity index (χ2n) is 5.58. The van der Waals surface area contributed by atoms with Gasteiger partial charge >= 0.3 is 12.0 Å². The molecule has 1 aliphatic heterocycles. The second kappa shape index (κ2) is 5.59. The Balaban J connectivity index is 1.90. The third kappa shape index (κ3) is 2.76. The number of piperidine rings is 1. The lowest BCUT2D eigenvalue weighted by molar-refractivity contribution is -0.145. The molecule has 2 aliphatic rings. The van der Waals surface area contributed by atoms with Crippen molar-refractivity contribution in [1.29, 1.82) is 0 Å². The molecule has 2 N–H and O–H groups in total. The van der Waals surface area contributed by atoms with Crippen LogP contribution in [0.25, 0.3) is 0 Å². The number of nitrogens with zero attached hydrogens (tertiary/aromatic N) is 1. The van der Waals surface area contributed by atoms with Crippen molar-refractivity contribution >= 4 is 12.0 Å². The minimum atomic E-state index is -0.888. The van der Waals surface area contributed by atoms with Crippen molar-refractivity contribution in [1.82, 2.24) is 10.2 Å². The van der Waals surface area contributed by atoms with Crippen molar-refractivity contribution in [2.24, 2.45) is 11.8 Å². The van der Waals surface area contributed by atoms with Gasteiger partial charge in [-0.3, -0.25) is 0 Å². The van der Waals surface area contributed by atoms with Crippen molar-refractivity contribution in [2.45, 2.75) is 45.1 Å². The first-order chi connectivity index (χ1) is 8.59. The fourth-order valence-corrected chi connectivity index (χ4v) is 2.82. The SMILES string of the molecule is CC1CCCN(C(=O)NCC2CCC2)C1C(=O)O. The molecule has 2 unspecified atom stereocenters. The number of aliphatic carboxylic acids is 1. The van der Waals surface area contributed by atoms with Crippen LogP contribution >= 0.6 is 0 Å². The van der Waals surface area contributed by atoms with E-state index in [0.717, 1.165) is 12.8 Å². The Morgan fingerprint density at radius 2 is 2.00 bits per heavy atom. The molecule has 1 heterocycles. The number of likely N-dealkylation sites (tertiary alicyclic amines) is 1. The van der Waals surface area contributed by atoms with E-state index >= 15 is 0 Å². The highest BCUT2D eigenvalue weighted by Gasteiger charge is 2.37. The number of carboxylic acids is 1. The summed E-state index contributed by atoms with van der Waals surface area (Å²) in [6.07, 6.45) is 5.38. The van der Waals surface area contributed by atoms with Crippen molar-refractivity contribution in [3.05, 3.63) is 0 Å². The van der Waals surface area contributed by atoms with E-state index in [-0.39, 0.29) is 11.9 Å². The third-order valence-electron chi connectivity index (χ3n) is 4.21. The molecule has 1 aliphatic carbocycles. The molecule has 0 aromatic carbocycles. The molecule has 18 heavy (non-hydrogen) atoms. The monoisotopic (exact) mass is 254 g/mol. The van der Waals surface area contributed by atoms with Crippen LogP contribution in [0.1, 0.15) is 39.0 Å². The molecular formula is C13H22N2O3. The first kappa shape index (κ1) is 13.2. The van der Waals surface area contributed by atoms with Crippen LogP contribution in [-0.4, -0.2) is 41.1 Å². The highest BCUT2D eigenvalue weighted by atomic mass is 16.4. The average Bonchev–Trinajstić information content (AvgIpc) is 2.25. The second-order valence-corrected chi connectivity index (χ2v) is 5.58. The summed E-state index contributed by atoms with van der Waals surface area (Å²) in [5, 5.41) is 12.1. The lowest BCUT2D eigenvalue weighted by Crippen LogP contribution is -2.55. The van der Waals surface area contributed by atoms with Gasteiger partial charge < -0.3 is 15.3 Å². The maximum absolute atomic E-state index is 12.1. The number of urea groups is 1. The van der Waals surface area contributed by atoms with Crippen molar-refractivity contribution in [3.63, 3.8) is 0 Å². The van der Waals surface area contributed by atoms with Crippen LogP contribution in [-0.2, 0) is 4.79 Å². The molecular weight excluding hydrogens is 232 g/mol. The number of hydrogen-bond donors (Lipinski definition) is 2. The van der Waals surface area contributed by atoms with Crippen LogP contribution in [0.15, 0.2) is 0 Å². The minimum absolute atomic E-state index is 0.0331. The van der Waals surface area contributed by atoms with Gasteiger partial charge in [0.1, 0.15) is 6.04 Å². The Bertz CT molecular complexity index is 328. The summed E-state index contributed by atoms with van der Waals surface area (Å²) in [7, 11) is 0. The Hall–Kier alpha value is -1.26. The Morgan fingerprint density at radius 1 is 1.28 bits per heavy atom. The summed E-state index contributed by atoms with van der Waals surface area (Å²) in [6, 6.07) is -0.874. The fraction of sp³-hybridized carbons (Fsp3) is 0.846. The zero-order valence-electron chi connectivity index (χ0n) is 10.9. The molecule has 0 aromatic rings. The van der Waals surface area contributed by atoms with Crippen LogP contribution in [0.4, 0.5) is 4.79 Å². The van der Waals surface area contributed by atoms with E-state index < -0.39 is 12.0 Å². The number of amides is 2. The van der Waals surface area contributed by atoms with Gasteiger partial charge in [-0.15, -0.1) is 0 Å². The van der Waals surface area contributed by atoms with Gasteiger partial charge in [0.2, 0.25) is 0 Å². The maximum atomic E-state index is 12.1. The zero-order chi connectivity index (χ0) is 13.1. The molecule has 5 heteroatoms. The molecule has 2 atom stereocenters. The van der Waals surface area contributed by atoms with Gasteiger partial charge in [0.05, 0.1) is 0 Å². The van der Waals surface area contributed by atoms with Gasteiger partial charge in [0.15, 0.2) is 0 Å². The first-order valence-corrected chi connectivity index (χ1v) is 6.87. The Kier molecular flexibility index (Phi) is 4.09. The lowest BCUT2D eigenvalue weighted by Gasteiger charge is -2.37. The topological polar surface area (TPSA) is 69.6 Å². The molecule has 0 aromatic heterocycles. The van der Waals surface area contributed by atoms with Crippen LogP contribution < -0.4 is 5.32 Å². The van der Waals surface area contributed by atoms with Crippen molar-refractivity contribution in [2.75, 3.05) is 13.1 Å². The molecule has 2 fully saturated rings. The lowest BCUT2D eigenvalue weighted by atomic mass is 9.85. The predicted molar refractivity (Wildman–Crippen MR) is 67.3 cm³/mol. The molecule has 2 rings (SSSR count). The number of hydrogen-bond acceptors (Lipinski definition) is 2. The number of carbonyl (C=O) groups is 2.